The van der Waals surface area contributed by atoms with Crippen LogP contribution in [0, 0.1) is 5.92 Å². The molecule has 0 aliphatic rings. The topological polar surface area (TPSA) is 95.6 Å². The Kier molecular flexibility index (Phi) is 7.57. The van der Waals surface area contributed by atoms with E-state index >= 15 is 0 Å². The zero-order valence-electron chi connectivity index (χ0n) is 15.4. The van der Waals surface area contributed by atoms with Gasteiger partial charge in [0.25, 0.3) is 0 Å². The van der Waals surface area contributed by atoms with Gasteiger partial charge in [-0.3, -0.25) is 9.59 Å². The summed E-state index contributed by atoms with van der Waals surface area (Å²) >= 11 is 0. The molecule has 1 aromatic rings. The lowest BCUT2D eigenvalue weighted by molar-refractivity contribution is -0.126. The van der Waals surface area contributed by atoms with Gasteiger partial charge < -0.3 is 10.6 Å². The van der Waals surface area contributed by atoms with Gasteiger partial charge in [-0.25, -0.2) is 8.42 Å². The number of nitrogens with zero attached hydrogens (tertiary/aromatic N) is 1. The van der Waals surface area contributed by atoms with Crippen molar-refractivity contribution in [2.24, 2.45) is 5.92 Å². The minimum Gasteiger partial charge on any atom is -0.344 e. The Morgan fingerprint density at radius 2 is 1.60 bits per heavy atom. The second-order valence-corrected chi connectivity index (χ2v) is 7.96. The van der Waals surface area contributed by atoms with Crippen LogP contribution in [-0.2, 0) is 19.6 Å². The number of carbonyl (C=O) groups excluding carboxylic acids is 2. The number of carbonyl (C=O) groups is 2. The Labute approximate surface area is 149 Å². The van der Waals surface area contributed by atoms with Crippen molar-refractivity contribution in [1.29, 1.82) is 0 Å². The Bertz CT molecular complexity index is 695. The quantitative estimate of drug-likeness (QED) is 0.730. The number of sulfonamides is 1. The number of hydrogen-bond donors (Lipinski definition) is 2. The van der Waals surface area contributed by atoms with E-state index in [2.05, 4.69) is 10.6 Å². The average molecular weight is 369 g/mol. The van der Waals surface area contributed by atoms with E-state index in [1.54, 1.807) is 26.0 Å². The van der Waals surface area contributed by atoms with Gasteiger partial charge in [0.15, 0.2) is 0 Å². The molecular formula is C17H27N3O4S. The highest BCUT2D eigenvalue weighted by atomic mass is 32.2. The van der Waals surface area contributed by atoms with Crippen LogP contribution in [0.2, 0.25) is 0 Å². The van der Waals surface area contributed by atoms with Crippen LogP contribution in [0.5, 0.6) is 0 Å². The predicted octanol–water partition coefficient (Wildman–Crippen LogP) is 1.82. The number of benzene rings is 1. The highest BCUT2D eigenvalue weighted by Gasteiger charge is 2.24. The molecule has 1 rings (SSSR count). The van der Waals surface area contributed by atoms with Crippen molar-refractivity contribution >= 4 is 27.5 Å². The van der Waals surface area contributed by atoms with Gasteiger partial charge in [0, 0.05) is 25.7 Å². The van der Waals surface area contributed by atoms with Crippen molar-refractivity contribution in [3.8, 4) is 0 Å². The van der Waals surface area contributed by atoms with Crippen molar-refractivity contribution in [2.45, 2.75) is 45.6 Å². The Hall–Kier alpha value is -1.93. The number of nitrogens with one attached hydrogen (secondary N) is 2. The molecule has 0 saturated carbocycles. The third-order valence-corrected chi connectivity index (χ3v) is 5.84. The van der Waals surface area contributed by atoms with Crippen molar-refractivity contribution in [1.82, 2.24) is 9.62 Å². The molecule has 2 N–H and O–H groups in total. The Morgan fingerprint density at radius 3 is 2.00 bits per heavy atom. The van der Waals surface area contributed by atoms with Gasteiger partial charge in [0.1, 0.15) is 6.04 Å². The third-order valence-electron chi connectivity index (χ3n) is 3.77. The van der Waals surface area contributed by atoms with Gasteiger partial charge in [-0.1, -0.05) is 27.7 Å². The Balaban J connectivity index is 2.93. The minimum absolute atomic E-state index is 0.0776. The van der Waals surface area contributed by atoms with Crippen LogP contribution in [0.1, 0.15) is 34.6 Å². The standard InChI is InChI=1S/C17H27N3O4S/c1-6-20(7-2)25(23,24)15-10-8-14(9-11-15)19-17(22)16(12(3)4)18-13(5)21/h8-12,16H,6-7H2,1-5H3,(H,18,21)(H,19,22)/t16-/m1/s1. The molecule has 0 aromatic heterocycles. The summed E-state index contributed by atoms with van der Waals surface area (Å²) in [5, 5.41) is 5.31. The molecule has 1 atom stereocenters. The number of hydrogen-bond acceptors (Lipinski definition) is 4. The molecule has 2 amide bonds. The Morgan fingerprint density at radius 1 is 1.08 bits per heavy atom. The van der Waals surface area contributed by atoms with Crippen molar-refractivity contribution in [2.75, 3.05) is 18.4 Å². The molecule has 7 nitrogen and oxygen atoms in total. The summed E-state index contributed by atoms with van der Waals surface area (Å²) in [6.07, 6.45) is 0. The van der Waals surface area contributed by atoms with E-state index < -0.39 is 16.1 Å². The fourth-order valence-electron chi connectivity index (χ4n) is 2.40. The van der Waals surface area contributed by atoms with Crippen molar-refractivity contribution in [3.63, 3.8) is 0 Å². The molecule has 0 fully saturated rings. The van der Waals surface area contributed by atoms with E-state index in [-0.39, 0.29) is 22.6 Å². The summed E-state index contributed by atoms with van der Waals surface area (Å²) < 4.78 is 26.2. The average Bonchev–Trinajstić information content (AvgIpc) is 2.53. The van der Waals surface area contributed by atoms with Gasteiger partial charge in [-0.2, -0.15) is 4.31 Å². The summed E-state index contributed by atoms with van der Waals surface area (Å²) in [7, 11) is -3.53. The lowest BCUT2D eigenvalue weighted by Crippen LogP contribution is -2.46. The molecule has 0 radical (unpaired) electrons. The number of rotatable bonds is 8. The monoisotopic (exact) mass is 369 g/mol. The zero-order valence-corrected chi connectivity index (χ0v) is 16.2. The lowest BCUT2D eigenvalue weighted by Gasteiger charge is -2.21. The smallest absolute Gasteiger partial charge is 0.247 e. The largest absolute Gasteiger partial charge is 0.344 e. The molecule has 0 aliphatic heterocycles. The van der Waals surface area contributed by atoms with Crippen LogP contribution >= 0.6 is 0 Å². The predicted molar refractivity (Wildman–Crippen MR) is 97.6 cm³/mol. The second-order valence-electron chi connectivity index (χ2n) is 6.03. The molecular weight excluding hydrogens is 342 g/mol. The summed E-state index contributed by atoms with van der Waals surface area (Å²) in [6.45, 7) is 9.37. The summed E-state index contributed by atoms with van der Waals surface area (Å²) in [4.78, 5) is 23.7. The van der Waals surface area contributed by atoms with E-state index in [4.69, 9.17) is 0 Å². The van der Waals surface area contributed by atoms with Gasteiger partial charge in [0.05, 0.1) is 4.90 Å². The van der Waals surface area contributed by atoms with E-state index in [9.17, 15) is 18.0 Å². The highest BCUT2D eigenvalue weighted by Crippen LogP contribution is 2.18. The van der Waals surface area contributed by atoms with Crippen LogP contribution < -0.4 is 10.6 Å². The van der Waals surface area contributed by atoms with E-state index in [1.165, 1.54) is 23.4 Å². The van der Waals surface area contributed by atoms with E-state index in [0.717, 1.165) is 0 Å². The second kappa shape index (κ2) is 8.96. The zero-order chi connectivity index (χ0) is 19.2. The molecule has 0 aliphatic carbocycles. The van der Waals surface area contributed by atoms with Gasteiger partial charge >= 0.3 is 0 Å². The maximum Gasteiger partial charge on any atom is 0.247 e. The molecule has 8 heteroatoms. The summed E-state index contributed by atoms with van der Waals surface area (Å²) in [6, 6.07) is 5.35. The normalized spacial score (nSPS) is 12.9. The number of amides is 2. The first-order chi connectivity index (χ1) is 11.6. The first-order valence-corrected chi connectivity index (χ1v) is 9.75. The molecule has 140 valence electrons. The van der Waals surface area contributed by atoms with Gasteiger partial charge in [0.2, 0.25) is 21.8 Å². The SMILES string of the molecule is CCN(CC)S(=O)(=O)c1ccc(NC(=O)[C@H](NC(C)=O)C(C)C)cc1. The van der Waals surface area contributed by atoms with Gasteiger partial charge in [-0.15, -0.1) is 0 Å². The molecule has 25 heavy (non-hydrogen) atoms. The van der Waals surface area contributed by atoms with Crippen LogP contribution in [0.15, 0.2) is 29.2 Å². The highest BCUT2D eigenvalue weighted by molar-refractivity contribution is 7.89. The van der Waals surface area contributed by atoms with Crippen LogP contribution in [0.3, 0.4) is 0 Å². The maximum absolute atomic E-state index is 12.4. The maximum atomic E-state index is 12.4. The minimum atomic E-state index is -3.53. The fraction of sp³-hybridized carbons (Fsp3) is 0.529. The molecule has 0 heterocycles. The molecule has 1 aromatic carbocycles. The van der Waals surface area contributed by atoms with Crippen LogP contribution in [0.25, 0.3) is 0 Å². The van der Waals surface area contributed by atoms with Crippen LogP contribution in [0.4, 0.5) is 5.69 Å². The number of anilines is 1. The molecule has 0 bridgehead atoms. The fourth-order valence-corrected chi connectivity index (χ4v) is 3.85. The van der Waals surface area contributed by atoms with Gasteiger partial charge in [-0.05, 0) is 30.2 Å². The van der Waals surface area contributed by atoms with E-state index in [1.807, 2.05) is 13.8 Å². The molecule has 0 unspecified atom stereocenters. The lowest BCUT2D eigenvalue weighted by atomic mass is 10.0. The van der Waals surface area contributed by atoms with E-state index in [0.29, 0.717) is 18.8 Å². The van der Waals surface area contributed by atoms with Crippen molar-refractivity contribution < 1.29 is 18.0 Å². The first-order valence-electron chi connectivity index (χ1n) is 8.31. The first kappa shape index (κ1) is 21.1. The summed E-state index contributed by atoms with van der Waals surface area (Å²) in [5.74, 6) is -0.703. The van der Waals surface area contributed by atoms with Crippen molar-refractivity contribution in [3.05, 3.63) is 24.3 Å². The van der Waals surface area contributed by atoms with Crippen LogP contribution in [-0.4, -0.2) is 43.7 Å². The molecule has 0 spiro atoms. The summed E-state index contributed by atoms with van der Waals surface area (Å²) in [5.41, 5.74) is 0.472. The third kappa shape index (κ3) is 5.54. The molecule has 0 saturated heterocycles.